The number of pyridine rings is 1. The van der Waals surface area contributed by atoms with Gasteiger partial charge in [-0.1, -0.05) is 0 Å². The van der Waals surface area contributed by atoms with E-state index in [2.05, 4.69) is 19.9 Å². The smallest absolute Gasteiger partial charge is 0.255 e. The van der Waals surface area contributed by atoms with Crippen LogP contribution in [0.2, 0.25) is 0 Å². The van der Waals surface area contributed by atoms with E-state index >= 15 is 0 Å². The van der Waals surface area contributed by atoms with Gasteiger partial charge in [-0.2, -0.15) is 5.10 Å². The van der Waals surface area contributed by atoms with Crippen molar-refractivity contribution in [1.82, 2.24) is 19.7 Å². The van der Waals surface area contributed by atoms with Crippen LogP contribution in [0, 0.1) is 0 Å². The zero-order valence-corrected chi connectivity index (χ0v) is 16.0. The van der Waals surface area contributed by atoms with E-state index in [1.807, 2.05) is 29.1 Å². The zero-order valence-electron chi connectivity index (χ0n) is 16.0. The fourth-order valence-corrected chi connectivity index (χ4v) is 4.27. The normalized spacial score (nSPS) is 20.7. The third-order valence-corrected chi connectivity index (χ3v) is 5.81. The molecule has 2 aromatic heterocycles. The number of likely N-dealkylation sites (tertiary alicyclic amines) is 1. The van der Waals surface area contributed by atoms with Crippen LogP contribution in [0.25, 0.3) is 0 Å². The fourth-order valence-electron chi connectivity index (χ4n) is 4.27. The van der Waals surface area contributed by atoms with Crippen LogP contribution in [-0.4, -0.2) is 51.2 Å². The summed E-state index contributed by atoms with van der Waals surface area (Å²) >= 11 is 0. The standard InChI is InChI=1S/C21H29N5O/c27-21(18-8-9-20(22-17-18)24-12-3-1-4-13-24)26-15-5-2-7-19(26)10-16-25-14-6-11-23-25/h6,8-9,11,14,17,19H,1-5,7,10,12-13,15-16H2/t19-/m0/s1. The van der Waals surface area contributed by atoms with Crippen molar-refractivity contribution in [1.29, 1.82) is 0 Å². The minimum atomic E-state index is 0.123. The van der Waals surface area contributed by atoms with Crippen LogP contribution in [0.1, 0.15) is 55.3 Å². The van der Waals surface area contributed by atoms with Crippen molar-refractivity contribution in [2.75, 3.05) is 24.5 Å². The van der Waals surface area contributed by atoms with E-state index in [9.17, 15) is 4.79 Å². The summed E-state index contributed by atoms with van der Waals surface area (Å²) in [5, 5.41) is 4.28. The number of nitrogens with zero attached hydrogens (tertiary/aromatic N) is 5. The van der Waals surface area contributed by atoms with Crippen molar-refractivity contribution in [3.63, 3.8) is 0 Å². The first-order valence-corrected chi connectivity index (χ1v) is 10.3. The molecule has 2 saturated heterocycles. The van der Waals surface area contributed by atoms with Gasteiger partial charge in [0, 0.05) is 50.8 Å². The number of anilines is 1. The van der Waals surface area contributed by atoms with E-state index in [0.29, 0.717) is 5.56 Å². The van der Waals surface area contributed by atoms with Gasteiger partial charge in [-0.15, -0.1) is 0 Å². The maximum atomic E-state index is 13.1. The highest BCUT2D eigenvalue weighted by atomic mass is 16.2. The van der Waals surface area contributed by atoms with Crippen LogP contribution in [0.3, 0.4) is 0 Å². The minimum absolute atomic E-state index is 0.123. The Bertz CT molecular complexity index is 722. The minimum Gasteiger partial charge on any atom is -0.357 e. The molecule has 2 fully saturated rings. The van der Waals surface area contributed by atoms with E-state index in [4.69, 9.17) is 0 Å². The molecule has 1 amide bonds. The van der Waals surface area contributed by atoms with Gasteiger partial charge in [0.2, 0.25) is 0 Å². The predicted octanol–water partition coefficient (Wildman–Crippen LogP) is 3.35. The molecule has 6 heteroatoms. The van der Waals surface area contributed by atoms with Crippen molar-refractivity contribution in [2.24, 2.45) is 0 Å². The number of amides is 1. The molecular formula is C21H29N5O. The second-order valence-corrected chi connectivity index (χ2v) is 7.66. The van der Waals surface area contributed by atoms with Crippen molar-refractivity contribution in [2.45, 2.75) is 57.5 Å². The number of hydrogen-bond donors (Lipinski definition) is 0. The summed E-state index contributed by atoms with van der Waals surface area (Å²) in [4.78, 5) is 22.1. The lowest BCUT2D eigenvalue weighted by Gasteiger charge is -2.36. The van der Waals surface area contributed by atoms with Crippen LogP contribution in [0.5, 0.6) is 0 Å². The lowest BCUT2D eigenvalue weighted by molar-refractivity contribution is 0.0593. The number of rotatable bonds is 5. The molecule has 4 rings (SSSR count). The molecule has 0 aliphatic carbocycles. The van der Waals surface area contributed by atoms with E-state index in [0.717, 1.165) is 51.3 Å². The van der Waals surface area contributed by atoms with Crippen molar-refractivity contribution < 1.29 is 4.79 Å². The molecule has 4 heterocycles. The number of carbonyl (C=O) groups excluding carboxylic acids is 1. The van der Waals surface area contributed by atoms with E-state index in [1.165, 1.54) is 25.7 Å². The van der Waals surface area contributed by atoms with Crippen LogP contribution >= 0.6 is 0 Å². The van der Waals surface area contributed by atoms with E-state index < -0.39 is 0 Å². The summed E-state index contributed by atoms with van der Waals surface area (Å²) in [7, 11) is 0. The molecule has 0 spiro atoms. The first-order chi connectivity index (χ1) is 13.3. The number of aryl methyl sites for hydroxylation is 1. The summed E-state index contributed by atoms with van der Waals surface area (Å²) in [6.07, 6.45) is 13.6. The molecule has 2 aliphatic rings. The Hall–Kier alpha value is -2.37. The summed E-state index contributed by atoms with van der Waals surface area (Å²) in [6.45, 7) is 3.84. The fraction of sp³-hybridized carbons (Fsp3) is 0.571. The van der Waals surface area contributed by atoms with Crippen LogP contribution < -0.4 is 4.90 Å². The predicted molar refractivity (Wildman–Crippen MR) is 106 cm³/mol. The number of carbonyl (C=O) groups is 1. The quantitative estimate of drug-likeness (QED) is 0.813. The first kappa shape index (κ1) is 18.0. The molecular weight excluding hydrogens is 338 g/mol. The van der Waals surface area contributed by atoms with Crippen molar-refractivity contribution in [3.8, 4) is 0 Å². The Morgan fingerprint density at radius 2 is 1.93 bits per heavy atom. The number of piperidine rings is 2. The Labute approximate surface area is 161 Å². The second-order valence-electron chi connectivity index (χ2n) is 7.66. The SMILES string of the molecule is O=C(c1ccc(N2CCCCC2)nc1)N1CCCC[C@H]1CCn1cccn1. The molecule has 0 aromatic carbocycles. The summed E-state index contributed by atoms with van der Waals surface area (Å²) in [5.41, 5.74) is 0.710. The van der Waals surface area contributed by atoms with Gasteiger partial charge in [0.15, 0.2) is 0 Å². The molecule has 2 aromatic rings. The topological polar surface area (TPSA) is 54.3 Å². The Morgan fingerprint density at radius 3 is 2.67 bits per heavy atom. The summed E-state index contributed by atoms with van der Waals surface area (Å²) < 4.78 is 1.95. The summed E-state index contributed by atoms with van der Waals surface area (Å²) in [6, 6.07) is 6.20. The average molecular weight is 367 g/mol. The third kappa shape index (κ3) is 4.31. The third-order valence-electron chi connectivity index (χ3n) is 5.81. The van der Waals surface area contributed by atoms with Crippen molar-refractivity contribution in [3.05, 3.63) is 42.4 Å². The maximum Gasteiger partial charge on any atom is 0.255 e. The molecule has 2 aliphatic heterocycles. The second kappa shape index (κ2) is 8.55. The molecule has 0 saturated carbocycles. The number of aromatic nitrogens is 3. The first-order valence-electron chi connectivity index (χ1n) is 10.3. The number of hydrogen-bond acceptors (Lipinski definition) is 4. The Balaban J connectivity index is 1.41. The molecule has 0 radical (unpaired) electrons. The summed E-state index contributed by atoms with van der Waals surface area (Å²) in [5.74, 6) is 1.12. The molecule has 0 unspecified atom stereocenters. The molecule has 0 N–H and O–H groups in total. The largest absolute Gasteiger partial charge is 0.357 e. The van der Waals surface area contributed by atoms with Gasteiger partial charge in [0.25, 0.3) is 5.91 Å². The van der Waals surface area contributed by atoms with Crippen molar-refractivity contribution >= 4 is 11.7 Å². The van der Waals surface area contributed by atoms with Gasteiger partial charge in [-0.05, 0) is 63.1 Å². The monoisotopic (exact) mass is 367 g/mol. The Morgan fingerprint density at radius 1 is 1.07 bits per heavy atom. The van der Waals surface area contributed by atoms with Crippen LogP contribution in [0.4, 0.5) is 5.82 Å². The van der Waals surface area contributed by atoms with Gasteiger partial charge >= 0.3 is 0 Å². The van der Waals surface area contributed by atoms with Crippen LogP contribution in [-0.2, 0) is 6.54 Å². The van der Waals surface area contributed by atoms with Crippen LogP contribution in [0.15, 0.2) is 36.8 Å². The molecule has 0 bridgehead atoms. The van der Waals surface area contributed by atoms with Gasteiger partial charge in [0.1, 0.15) is 5.82 Å². The molecule has 144 valence electrons. The van der Waals surface area contributed by atoms with E-state index in [-0.39, 0.29) is 11.9 Å². The Kier molecular flexibility index (Phi) is 5.70. The van der Waals surface area contributed by atoms with Gasteiger partial charge < -0.3 is 9.80 Å². The average Bonchev–Trinajstić information content (AvgIpc) is 3.26. The molecule has 27 heavy (non-hydrogen) atoms. The maximum absolute atomic E-state index is 13.1. The zero-order chi connectivity index (χ0) is 18.5. The van der Waals surface area contributed by atoms with Gasteiger partial charge in [-0.25, -0.2) is 4.98 Å². The highest BCUT2D eigenvalue weighted by Gasteiger charge is 2.27. The molecule has 1 atom stereocenters. The lowest BCUT2D eigenvalue weighted by atomic mass is 9.98. The van der Waals surface area contributed by atoms with Gasteiger partial charge in [-0.3, -0.25) is 9.48 Å². The van der Waals surface area contributed by atoms with E-state index in [1.54, 1.807) is 12.4 Å². The van der Waals surface area contributed by atoms with Gasteiger partial charge in [0.05, 0.1) is 5.56 Å². The highest BCUT2D eigenvalue weighted by molar-refractivity contribution is 5.94. The molecule has 6 nitrogen and oxygen atoms in total. The highest BCUT2D eigenvalue weighted by Crippen LogP contribution is 2.23. The lowest BCUT2D eigenvalue weighted by Crippen LogP contribution is -2.44.